The topological polar surface area (TPSA) is 16.3 Å². The number of imidazole rings is 1. The van der Waals surface area contributed by atoms with Crippen LogP contribution in [0.25, 0.3) is 11.0 Å². The van der Waals surface area contributed by atoms with Gasteiger partial charge in [0.15, 0.2) is 4.77 Å². The molecule has 124 valence electrons. The van der Waals surface area contributed by atoms with Crippen LogP contribution in [0.15, 0.2) is 54.6 Å². The van der Waals surface area contributed by atoms with Crippen LogP contribution in [0, 0.1) is 4.77 Å². The number of benzene rings is 2. The molecule has 5 heteroatoms. The van der Waals surface area contributed by atoms with Gasteiger partial charge >= 0.3 is 0 Å². The molecule has 1 aliphatic rings. The van der Waals surface area contributed by atoms with E-state index in [-0.39, 0.29) is 0 Å². The van der Waals surface area contributed by atoms with Crippen molar-refractivity contribution < 1.29 is 0 Å². The smallest absolute Gasteiger partial charge is 0.181 e. The molecule has 0 bridgehead atoms. The SMILES string of the molecule is Cn1c(=S)n(CN2CCN(c3ccccc3)CC2)c2ccccc21. The Morgan fingerprint density at radius 1 is 0.833 bits per heavy atom. The van der Waals surface area contributed by atoms with E-state index in [2.05, 4.69) is 80.6 Å². The van der Waals surface area contributed by atoms with Crippen molar-refractivity contribution in [2.45, 2.75) is 6.67 Å². The van der Waals surface area contributed by atoms with Gasteiger partial charge in [0, 0.05) is 38.9 Å². The molecule has 0 N–H and O–H groups in total. The number of hydrogen-bond donors (Lipinski definition) is 0. The summed E-state index contributed by atoms with van der Waals surface area (Å²) in [5.41, 5.74) is 3.74. The summed E-state index contributed by atoms with van der Waals surface area (Å²) in [4.78, 5) is 4.94. The number of aryl methyl sites for hydroxylation is 1. The summed E-state index contributed by atoms with van der Waals surface area (Å²) in [6, 6.07) is 19.1. The zero-order valence-corrected chi connectivity index (χ0v) is 14.7. The molecule has 1 fully saturated rings. The molecule has 2 heterocycles. The van der Waals surface area contributed by atoms with E-state index in [1.165, 1.54) is 16.7 Å². The Morgan fingerprint density at radius 3 is 2.17 bits per heavy atom. The average Bonchev–Trinajstić information content (AvgIpc) is 2.88. The third-order valence-corrected chi connectivity index (χ3v) is 5.38. The van der Waals surface area contributed by atoms with E-state index >= 15 is 0 Å². The number of hydrogen-bond acceptors (Lipinski definition) is 3. The van der Waals surface area contributed by atoms with Crippen LogP contribution < -0.4 is 4.90 Å². The predicted octanol–water partition coefficient (Wildman–Crippen LogP) is 3.49. The maximum Gasteiger partial charge on any atom is 0.181 e. The summed E-state index contributed by atoms with van der Waals surface area (Å²) in [6.45, 7) is 5.09. The summed E-state index contributed by atoms with van der Waals surface area (Å²) >= 11 is 5.65. The molecule has 0 radical (unpaired) electrons. The number of rotatable bonds is 3. The van der Waals surface area contributed by atoms with Crippen molar-refractivity contribution in [3.8, 4) is 0 Å². The first-order chi connectivity index (χ1) is 11.7. The van der Waals surface area contributed by atoms with Crippen LogP contribution in [0.4, 0.5) is 5.69 Å². The van der Waals surface area contributed by atoms with Gasteiger partial charge in [-0.3, -0.25) is 4.90 Å². The molecule has 0 saturated carbocycles. The molecular weight excluding hydrogens is 316 g/mol. The fourth-order valence-electron chi connectivity index (χ4n) is 3.49. The van der Waals surface area contributed by atoms with E-state index in [9.17, 15) is 0 Å². The van der Waals surface area contributed by atoms with Crippen molar-refractivity contribution in [1.82, 2.24) is 14.0 Å². The molecule has 2 aromatic carbocycles. The first-order valence-electron chi connectivity index (χ1n) is 8.40. The Bertz CT molecular complexity index is 889. The maximum absolute atomic E-state index is 5.65. The lowest BCUT2D eigenvalue weighted by molar-refractivity contribution is 0.207. The van der Waals surface area contributed by atoms with Crippen LogP contribution in [-0.4, -0.2) is 40.2 Å². The average molecular weight is 338 g/mol. The summed E-state index contributed by atoms with van der Waals surface area (Å²) in [5, 5.41) is 0. The number of para-hydroxylation sites is 3. The van der Waals surface area contributed by atoms with Crippen molar-refractivity contribution in [2.24, 2.45) is 7.05 Å². The van der Waals surface area contributed by atoms with E-state index in [0.717, 1.165) is 37.6 Å². The van der Waals surface area contributed by atoms with Crippen molar-refractivity contribution in [3.05, 3.63) is 59.4 Å². The van der Waals surface area contributed by atoms with Gasteiger partial charge in [0.25, 0.3) is 0 Å². The largest absolute Gasteiger partial charge is 0.369 e. The number of anilines is 1. The fraction of sp³-hybridized carbons (Fsp3) is 0.316. The van der Waals surface area contributed by atoms with Gasteiger partial charge in [-0.05, 0) is 36.5 Å². The summed E-state index contributed by atoms with van der Waals surface area (Å²) < 4.78 is 5.25. The van der Waals surface area contributed by atoms with E-state index in [4.69, 9.17) is 12.2 Å². The van der Waals surface area contributed by atoms with E-state index < -0.39 is 0 Å². The van der Waals surface area contributed by atoms with Crippen molar-refractivity contribution in [3.63, 3.8) is 0 Å². The second-order valence-electron chi connectivity index (χ2n) is 6.34. The molecule has 4 nitrogen and oxygen atoms in total. The molecule has 0 atom stereocenters. The van der Waals surface area contributed by atoms with Gasteiger partial charge in [-0.2, -0.15) is 0 Å². The molecule has 4 rings (SSSR count). The fourth-order valence-corrected chi connectivity index (χ4v) is 3.74. The van der Waals surface area contributed by atoms with Crippen molar-refractivity contribution in [2.75, 3.05) is 31.1 Å². The second kappa shape index (κ2) is 6.42. The van der Waals surface area contributed by atoms with E-state index in [1.54, 1.807) is 0 Å². The Balaban J connectivity index is 1.50. The lowest BCUT2D eigenvalue weighted by Gasteiger charge is -2.36. The van der Waals surface area contributed by atoms with Gasteiger partial charge in [0.1, 0.15) is 0 Å². The molecule has 1 aromatic heterocycles. The van der Waals surface area contributed by atoms with Crippen LogP contribution in [0.2, 0.25) is 0 Å². The highest BCUT2D eigenvalue weighted by molar-refractivity contribution is 7.71. The number of nitrogens with zero attached hydrogens (tertiary/aromatic N) is 4. The second-order valence-corrected chi connectivity index (χ2v) is 6.71. The first kappa shape index (κ1) is 15.4. The normalized spacial score (nSPS) is 16.0. The predicted molar refractivity (Wildman–Crippen MR) is 102 cm³/mol. The third kappa shape index (κ3) is 2.74. The Kier molecular flexibility index (Phi) is 4.12. The van der Waals surface area contributed by atoms with Crippen LogP contribution in [0.5, 0.6) is 0 Å². The molecule has 0 spiro atoms. The highest BCUT2D eigenvalue weighted by Crippen LogP contribution is 2.19. The van der Waals surface area contributed by atoms with E-state index in [0.29, 0.717) is 0 Å². The molecule has 1 aliphatic heterocycles. The van der Waals surface area contributed by atoms with Gasteiger partial charge in [-0.15, -0.1) is 0 Å². The van der Waals surface area contributed by atoms with Crippen LogP contribution in [0.3, 0.4) is 0 Å². The minimum Gasteiger partial charge on any atom is -0.369 e. The van der Waals surface area contributed by atoms with Crippen LogP contribution in [-0.2, 0) is 13.7 Å². The Morgan fingerprint density at radius 2 is 1.46 bits per heavy atom. The number of piperazine rings is 1. The summed E-state index contributed by atoms with van der Waals surface area (Å²) in [7, 11) is 2.05. The minimum atomic E-state index is 0.864. The van der Waals surface area contributed by atoms with Crippen LogP contribution >= 0.6 is 12.2 Å². The van der Waals surface area contributed by atoms with Gasteiger partial charge in [0.2, 0.25) is 0 Å². The van der Waals surface area contributed by atoms with Gasteiger partial charge in [-0.1, -0.05) is 30.3 Å². The third-order valence-electron chi connectivity index (χ3n) is 4.89. The molecule has 24 heavy (non-hydrogen) atoms. The Hall–Kier alpha value is -2.11. The summed E-state index contributed by atoms with van der Waals surface area (Å²) in [6.07, 6.45) is 0. The lowest BCUT2D eigenvalue weighted by atomic mass is 10.2. The minimum absolute atomic E-state index is 0.864. The van der Waals surface area contributed by atoms with Crippen molar-refractivity contribution in [1.29, 1.82) is 0 Å². The molecule has 0 aliphatic carbocycles. The van der Waals surface area contributed by atoms with Crippen LogP contribution in [0.1, 0.15) is 0 Å². The monoisotopic (exact) mass is 338 g/mol. The highest BCUT2D eigenvalue weighted by atomic mass is 32.1. The van der Waals surface area contributed by atoms with Crippen molar-refractivity contribution >= 4 is 28.9 Å². The summed E-state index contributed by atoms with van der Waals surface area (Å²) in [5.74, 6) is 0. The standard InChI is InChI=1S/C19H22N4S/c1-20-17-9-5-6-10-18(17)23(19(20)24)15-21-11-13-22(14-12-21)16-7-3-2-4-8-16/h2-10H,11-15H2,1H3. The first-order valence-corrected chi connectivity index (χ1v) is 8.81. The lowest BCUT2D eigenvalue weighted by Crippen LogP contribution is -2.46. The molecular formula is C19H22N4S. The van der Waals surface area contributed by atoms with E-state index in [1.807, 2.05) is 0 Å². The van der Waals surface area contributed by atoms with Gasteiger partial charge in [-0.25, -0.2) is 0 Å². The quantitative estimate of drug-likeness (QED) is 0.680. The highest BCUT2D eigenvalue weighted by Gasteiger charge is 2.18. The molecule has 0 amide bonds. The maximum atomic E-state index is 5.65. The number of aromatic nitrogens is 2. The van der Waals surface area contributed by atoms with Gasteiger partial charge < -0.3 is 14.0 Å². The molecule has 1 saturated heterocycles. The zero-order chi connectivity index (χ0) is 16.5. The molecule has 0 unspecified atom stereocenters. The molecule has 3 aromatic rings. The number of fused-ring (bicyclic) bond motifs is 1. The van der Waals surface area contributed by atoms with Gasteiger partial charge in [0.05, 0.1) is 17.7 Å². The Labute approximate surface area is 147 Å². The zero-order valence-electron chi connectivity index (χ0n) is 13.9.